The van der Waals surface area contributed by atoms with Crippen LogP contribution in [-0.4, -0.2) is 9.97 Å². The van der Waals surface area contributed by atoms with Crippen LogP contribution < -0.4 is 5.73 Å². The van der Waals surface area contributed by atoms with Crippen molar-refractivity contribution in [2.75, 3.05) is 0 Å². The molecule has 0 fully saturated rings. The van der Waals surface area contributed by atoms with Crippen molar-refractivity contribution in [3.63, 3.8) is 0 Å². The summed E-state index contributed by atoms with van der Waals surface area (Å²) in [7, 11) is 0. The third kappa shape index (κ3) is 1.66. The van der Waals surface area contributed by atoms with Crippen LogP contribution in [0.5, 0.6) is 0 Å². The van der Waals surface area contributed by atoms with E-state index in [0.29, 0.717) is 6.54 Å². The van der Waals surface area contributed by atoms with Crippen LogP contribution in [0.2, 0.25) is 0 Å². The second kappa shape index (κ2) is 3.86. The Morgan fingerprint density at radius 2 is 2.29 bits per heavy atom. The van der Waals surface area contributed by atoms with Gasteiger partial charge in [-0.05, 0) is 18.6 Å². The standard InChI is InChI=1S/C10H11N3S/c1-7-2-3-12-6-9(7)10-13-5-8(4-11)14-10/h2-3,5-6H,4,11H2,1H3. The van der Waals surface area contributed by atoms with Gasteiger partial charge in [0.1, 0.15) is 5.01 Å². The van der Waals surface area contributed by atoms with E-state index in [1.807, 2.05) is 18.5 Å². The van der Waals surface area contributed by atoms with E-state index in [9.17, 15) is 0 Å². The molecule has 2 aromatic heterocycles. The van der Waals surface area contributed by atoms with Crippen LogP contribution in [0.25, 0.3) is 10.6 Å². The highest BCUT2D eigenvalue weighted by Gasteiger charge is 2.05. The predicted molar refractivity (Wildman–Crippen MR) is 58.0 cm³/mol. The second-order valence-corrected chi connectivity index (χ2v) is 4.14. The van der Waals surface area contributed by atoms with Crippen molar-refractivity contribution in [2.24, 2.45) is 5.73 Å². The minimum absolute atomic E-state index is 0.553. The molecule has 3 nitrogen and oxygen atoms in total. The Kier molecular flexibility index (Phi) is 2.56. The highest BCUT2D eigenvalue weighted by Crippen LogP contribution is 2.26. The number of aryl methyl sites for hydroxylation is 1. The summed E-state index contributed by atoms with van der Waals surface area (Å²) in [4.78, 5) is 9.51. The molecule has 0 atom stereocenters. The van der Waals surface area contributed by atoms with Gasteiger partial charge in [-0.25, -0.2) is 4.98 Å². The van der Waals surface area contributed by atoms with Crippen molar-refractivity contribution in [3.8, 4) is 10.6 Å². The quantitative estimate of drug-likeness (QED) is 0.815. The van der Waals surface area contributed by atoms with Crippen LogP contribution in [0, 0.1) is 6.92 Å². The molecule has 0 aliphatic carbocycles. The molecule has 2 heterocycles. The Hall–Kier alpha value is -1.26. The van der Waals surface area contributed by atoms with E-state index in [2.05, 4.69) is 16.9 Å². The number of hydrogen-bond acceptors (Lipinski definition) is 4. The minimum atomic E-state index is 0.553. The zero-order valence-electron chi connectivity index (χ0n) is 7.90. The lowest BCUT2D eigenvalue weighted by atomic mass is 10.2. The predicted octanol–water partition coefficient (Wildman–Crippen LogP) is 1.97. The molecule has 0 saturated heterocycles. The zero-order chi connectivity index (χ0) is 9.97. The molecule has 72 valence electrons. The van der Waals surface area contributed by atoms with Crippen LogP contribution in [0.1, 0.15) is 10.4 Å². The third-order valence-corrected chi connectivity index (χ3v) is 3.08. The average molecular weight is 205 g/mol. The Morgan fingerprint density at radius 3 is 2.93 bits per heavy atom. The van der Waals surface area contributed by atoms with Gasteiger partial charge in [0, 0.05) is 35.6 Å². The molecular formula is C10H11N3S. The van der Waals surface area contributed by atoms with Gasteiger partial charge in [-0.3, -0.25) is 4.98 Å². The fourth-order valence-electron chi connectivity index (χ4n) is 1.21. The van der Waals surface area contributed by atoms with E-state index in [4.69, 9.17) is 5.73 Å². The van der Waals surface area contributed by atoms with Gasteiger partial charge >= 0.3 is 0 Å². The van der Waals surface area contributed by atoms with Gasteiger partial charge in [-0.15, -0.1) is 11.3 Å². The molecule has 0 aliphatic heterocycles. The molecule has 2 rings (SSSR count). The van der Waals surface area contributed by atoms with Crippen LogP contribution in [-0.2, 0) is 6.54 Å². The first-order valence-corrected chi connectivity index (χ1v) is 5.18. The van der Waals surface area contributed by atoms with E-state index in [1.165, 1.54) is 5.56 Å². The maximum Gasteiger partial charge on any atom is 0.125 e. The van der Waals surface area contributed by atoms with Crippen molar-refractivity contribution in [1.29, 1.82) is 0 Å². The summed E-state index contributed by atoms with van der Waals surface area (Å²) in [6, 6.07) is 1.98. The lowest BCUT2D eigenvalue weighted by Gasteiger charge is -1.98. The summed E-state index contributed by atoms with van der Waals surface area (Å²) < 4.78 is 0. The number of pyridine rings is 1. The molecule has 0 spiro atoms. The maximum atomic E-state index is 5.53. The fraction of sp³-hybridized carbons (Fsp3) is 0.200. The summed E-state index contributed by atoms with van der Waals surface area (Å²) in [5.74, 6) is 0. The van der Waals surface area contributed by atoms with Crippen molar-refractivity contribution in [1.82, 2.24) is 9.97 Å². The van der Waals surface area contributed by atoms with Gasteiger partial charge < -0.3 is 5.73 Å². The number of thiazole rings is 1. The number of rotatable bonds is 2. The van der Waals surface area contributed by atoms with Gasteiger partial charge in [-0.1, -0.05) is 0 Å². The zero-order valence-corrected chi connectivity index (χ0v) is 8.71. The topological polar surface area (TPSA) is 51.8 Å². The Labute approximate surface area is 86.6 Å². The van der Waals surface area contributed by atoms with Crippen LogP contribution in [0.4, 0.5) is 0 Å². The smallest absolute Gasteiger partial charge is 0.125 e. The fourth-order valence-corrected chi connectivity index (χ4v) is 2.08. The molecule has 0 radical (unpaired) electrons. The molecule has 0 aliphatic rings. The number of hydrogen-bond donors (Lipinski definition) is 1. The highest BCUT2D eigenvalue weighted by atomic mass is 32.1. The minimum Gasteiger partial charge on any atom is -0.326 e. The first kappa shape index (κ1) is 9.30. The van der Waals surface area contributed by atoms with Crippen LogP contribution in [0.15, 0.2) is 24.7 Å². The summed E-state index contributed by atoms with van der Waals surface area (Å²) in [6.07, 6.45) is 5.46. The van der Waals surface area contributed by atoms with Gasteiger partial charge in [0.15, 0.2) is 0 Å². The first-order chi connectivity index (χ1) is 6.81. The molecule has 2 aromatic rings. The molecule has 14 heavy (non-hydrogen) atoms. The van der Waals surface area contributed by atoms with Gasteiger partial charge in [0.25, 0.3) is 0 Å². The molecule has 2 N–H and O–H groups in total. The molecule has 0 unspecified atom stereocenters. The normalized spacial score (nSPS) is 10.4. The summed E-state index contributed by atoms with van der Waals surface area (Å²) in [5.41, 5.74) is 7.82. The molecule has 0 saturated carbocycles. The SMILES string of the molecule is Cc1ccncc1-c1ncc(CN)s1. The van der Waals surface area contributed by atoms with Crippen molar-refractivity contribution < 1.29 is 0 Å². The third-order valence-electron chi connectivity index (χ3n) is 2.02. The largest absolute Gasteiger partial charge is 0.326 e. The van der Waals surface area contributed by atoms with Crippen LogP contribution >= 0.6 is 11.3 Å². The van der Waals surface area contributed by atoms with Crippen molar-refractivity contribution in [3.05, 3.63) is 35.1 Å². The van der Waals surface area contributed by atoms with E-state index in [1.54, 1.807) is 17.5 Å². The van der Waals surface area contributed by atoms with E-state index < -0.39 is 0 Å². The Morgan fingerprint density at radius 1 is 1.43 bits per heavy atom. The lowest BCUT2D eigenvalue weighted by molar-refractivity contribution is 1.10. The van der Waals surface area contributed by atoms with E-state index in [-0.39, 0.29) is 0 Å². The Bertz CT molecular complexity index is 436. The molecule has 0 bridgehead atoms. The first-order valence-electron chi connectivity index (χ1n) is 4.37. The van der Waals surface area contributed by atoms with Crippen LogP contribution in [0.3, 0.4) is 0 Å². The van der Waals surface area contributed by atoms with E-state index in [0.717, 1.165) is 15.4 Å². The molecule has 0 amide bonds. The molecule has 4 heteroatoms. The Balaban J connectivity index is 2.44. The monoisotopic (exact) mass is 205 g/mol. The second-order valence-electron chi connectivity index (χ2n) is 3.03. The van der Waals surface area contributed by atoms with Crippen molar-refractivity contribution >= 4 is 11.3 Å². The van der Waals surface area contributed by atoms with Gasteiger partial charge in [0.05, 0.1) is 0 Å². The summed E-state index contributed by atoms with van der Waals surface area (Å²) in [6.45, 7) is 2.61. The van der Waals surface area contributed by atoms with E-state index >= 15 is 0 Å². The number of aromatic nitrogens is 2. The summed E-state index contributed by atoms with van der Waals surface area (Å²) in [5, 5.41) is 0.996. The van der Waals surface area contributed by atoms with Gasteiger partial charge in [0.2, 0.25) is 0 Å². The van der Waals surface area contributed by atoms with Crippen molar-refractivity contribution in [2.45, 2.75) is 13.5 Å². The highest BCUT2D eigenvalue weighted by molar-refractivity contribution is 7.15. The average Bonchev–Trinajstić information content (AvgIpc) is 2.67. The number of nitrogens with two attached hydrogens (primary N) is 1. The maximum absolute atomic E-state index is 5.53. The number of nitrogens with zero attached hydrogens (tertiary/aromatic N) is 2. The molecule has 0 aromatic carbocycles. The molecular weight excluding hydrogens is 194 g/mol. The summed E-state index contributed by atoms with van der Waals surface area (Å²) >= 11 is 1.62. The van der Waals surface area contributed by atoms with Gasteiger partial charge in [-0.2, -0.15) is 0 Å². The lowest BCUT2D eigenvalue weighted by Crippen LogP contribution is -1.91.